The number of piperidine rings is 1. The van der Waals surface area contributed by atoms with E-state index in [9.17, 15) is 9.59 Å². The summed E-state index contributed by atoms with van der Waals surface area (Å²) in [4.78, 5) is 32.1. The van der Waals surface area contributed by atoms with E-state index in [1.54, 1.807) is 11.0 Å². The number of rotatable bonds is 6. The van der Waals surface area contributed by atoms with Crippen molar-refractivity contribution in [2.75, 3.05) is 46.3 Å². The van der Waals surface area contributed by atoms with Gasteiger partial charge in [-0.2, -0.15) is 0 Å². The van der Waals surface area contributed by atoms with E-state index in [2.05, 4.69) is 17.1 Å². The van der Waals surface area contributed by atoms with Crippen LogP contribution in [0.4, 0.5) is 0 Å². The summed E-state index contributed by atoms with van der Waals surface area (Å²) in [6.45, 7) is 6.24. The average molecular weight is 441 g/mol. The van der Waals surface area contributed by atoms with Crippen LogP contribution in [0.15, 0.2) is 40.9 Å². The lowest BCUT2D eigenvalue weighted by Crippen LogP contribution is -2.51. The predicted octanol–water partition coefficient (Wildman–Crippen LogP) is 2.31. The molecular formula is C24H32N4O4. The third-order valence-electron chi connectivity index (χ3n) is 6.40. The number of amides is 2. The molecule has 2 aliphatic rings. The molecule has 0 unspecified atom stereocenters. The Morgan fingerprint density at radius 1 is 1.09 bits per heavy atom. The fraction of sp³-hybridized carbons (Fsp3) is 0.542. The molecular weight excluding hydrogens is 408 g/mol. The molecule has 2 saturated heterocycles. The standard InChI is InChI=1S/C24H32N4O4/c1-3-19-16-21(25-32-19)24(30)28-10-9-22(31-20-7-5-4-6-8-20)18(17-28)15-23(29)27-13-11-26(2)12-14-27/h4-8,16,18,22H,3,9-15,17H2,1-2H3/t18-,22-/m0/s1. The van der Waals surface area contributed by atoms with E-state index in [0.29, 0.717) is 43.8 Å². The van der Waals surface area contributed by atoms with E-state index in [-0.39, 0.29) is 23.8 Å². The number of hydrogen-bond acceptors (Lipinski definition) is 6. The van der Waals surface area contributed by atoms with Crippen LogP contribution in [0.3, 0.4) is 0 Å². The number of para-hydroxylation sites is 1. The number of carbonyl (C=O) groups excluding carboxylic acids is 2. The Labute approximate surface area is 189 Å². The van der Waals surface area contributed by atoms with Crippen molar-refractivity contribution in [3.8, 4) is 5.75 Å². The van der Waals surface area contributed by atoms with Gasteiger partial charge in [-0.05, 0) is 19.2 Å². The maximum absolute atomic E-state index is 13.1. The monoisotopic (exact) mass is 440 g/mol. The highest BCUT2D eigenvalue weighted by Crippen LogP contribution is 2.27. The minimum atomic E-state index is -0.149. The predicted molar refractivity (Wildman–Crippen MR) is 119 cm³/mol. The molecule has 0 spiro atoms. The van der Waals surface area contributed by atoms with Gasteiger partial charge in [-0.3, -0.25) is 9.59 Å². The number of likely N-dealkylation sites (N-methyl/N-ethyl adjacent to an activating group) is 1. The fourth-order valence-corrected chi connectivity index (χ4v) is 4.37. The van der Waals surface area contributed by atoms with Crippen molar-refractivity contribution in [2.24, 2.45) is 5.92 Å². The second-order valence-electron chi connectivity index (χ2n) is 8.69. The summed E-state index contributed by atoms with van der Waals surface area (Å²) in [6, 6.07) is 11.4. The number of ether oxygens (including phenoxy) is 1. The first kappa shape index (κ1) is 22.3. The van der Waals surface area contributed by atoms with Crippen LogP contribution in [0.2, 0.25) is 0 Å². The van der Waals surface area contributed by atoms with E-state index in [1.165, 1.54) is 0 Å². The topological polar surface area (TPSA) is 79.1 Å². The average Bonchev–Trinajstić information content (AvgIpc) is 3.30. The van der Waals surface area contributed by atoms with Crippen molar-refractivity contribution in [3.63, 3.8) is 0 Å². The third kappa shape index (κ3) is 5.30. The van der Waals surface area contributed by atoms with Gasteiger partial charge in [0.1, 0.15) is 17.6 Å². The number of likely N-dealkylation sites (tertiary alicyclic amines) is 1. The molecule has 2 aliphatic heterocycles. The third-order valence-corrected chi connectivity index (χ3v) is 6.40. The van der Waals surface area contributed by atoms with Gasteiger partial charge in [-0.25, -0.2) is 0 Å². The Balaban J connectivity index is 1.46. The van der Waals surface area contributed by atoms with Crippen molar-refractivity contribution in [3.05, 3.63) is 47.9 Å². The summed E-state index contributed by atoms with van der Waals surface area (Å²) < 4.78 is 11.5. The minimum Gasteiger partial charge on any atom is -0.490 e. The van der Waals surface area contributed by atoms with Crippen molar-refractivity contribution in [1.29, 1.82) is 0 Å². The maximum Gasteiger partial charge on any atom is 0.276 e. The molecule has 0 radical (unpaired) electrons. The SMILES string of the molecule is CCc1cc(C(=O)N2CC[C@H](Oc3ccccc3)[C@@H](CC(=O)N3CCN(C)CC3)C2)no1. The van der Waals surface area contributed by atoms with Crippen molar-refractivity contribution in [2.45, 2.75) is 32.3 Å². The number of aromatic nitrogens is 1. The Hall–Kier alpha value is -2.87. The van der Waals surface area contributed by atoms with E-state index < -0.39 is 0 Å². The number of carbonyl (C=O) groups is 2. The van der Waals surface area contributed by atoms with Gasteiger partial charge in [0.15, 0.2) is 5.69 Å². The molecule has 3 heterocycles. The maximum atomic E-state index is 13.1. The summed E-state index contributed by atoms with van der Waals surface area (Å²) >= 11 is 0. The van der Waals surface area contributed by atoms with Crippen LogP contribution in [0.25, 0.3) is 0 Å². The van der Waals surface area contributed by atoms with Gasteiger partial charge in [0, 0.05) is 70.5 Å². The van der Waals surface area contributed by atoms with Gasteiger partial charge in [0.2, 0.25) is 5.91 Å². The molecule has 8 nitrogen and oxygen atoms in total. The van der Waals surface area contributed by atoms with E-state index in [0.717, 1.165) is 31.9 Å². The van der Waals surface area contributed by atoms with Crippen LogP contribution >= 0.6 is 0 Å². The smallest absolute Gasteiger partial charge is 0.276 e. The molecule has 2 fully saturated rings. The summed E-state index contributed by atoms with van der Waals surface area (Å²) in [5.74, 6) is 1.38. The lowest BCUT2D eigenvalue weighted by Gasteiger charge is -2.39. The molecule has 32 heavy (non-hydrogen) atoms. The Kier molecular flexibility index (Phi) is 7.09. The molecule has 172 valence electrons. The highest BCUT2D eigenvalue weighted by Gasteiger charge is 2.36. The number of benzene rings is 1. The van der Waals surface area contributed by atoms with E-state index in [4.69, 9.17) is 9.26 Å². The lowest BCUT2D eigenvalue weighted by atomic mass is 9.90. The molecule has 0 saturated carbocycles. The van der Waals surface area contributed by atoms with Crippen LogP contribution in [-0.4, -0.2) is 84.1 Å². The van der Waals surface area contributed by atoms with E-state index in [1.807, 2.05) is 42.2 Å². The first-order chi connectivity index (χ1) is 15.5. The minimum absolute atomic E-state index is 0.0855. The second-order valence-corrected chi connectivity index (χ2v) is 8.69. The Morgan fingerprint density at radius 3 is 2.53 bits per heavy atom. The summed E-state index contributed by atoms with van der Waals surface area (Å²) in [7, 11) is 2.07. The number of aryl methyl sites for hydroxylation is 1. The molecule has 0 N–H and O–H groups in total. The van der Waals surface area contributed by atoms with Crippen LogP contribution in [0.1, 0.15) is 36.0 Å². The molecule has 1 aromatic carbocycles. The van der Waals surface area contributed by atoms with Gasteiger partial charge in [0.05, 0.1) is 0 Å². The number of hydrogen-bond donors (Lipinski definition) is 0. The van der Waals surface area contributed by atoms with Crippen molar-refractivity contribution >= 4 is 11.8 Å². The van der Waals surface area contributed by atoms with Crippen LogP contribution < -0.4 is 4.74 Å². The molecule has 1 aromatic heterocycles. The largest absolute Gasteiger partial charge is 0.490 e. The molecule has 2 aromatic rings. The second kappa shape index (κ2) is 10.2. The Bertz CT molecular complexity index is 908. The number of piperazine rings is 1. The highest BCUT2D eigenvalue weighted by atomic mass is 16.5. The quantitative estimate of drug-likeness (QED) is 0.686. The molecule has 2 atom stereocenters. The summed E-state index contributed by atoms with van der Waals surface area (Å²) in [5.41, 5.74) is 0.327. The summed E-state index contributed by atoms with van der Waals surface area (Å²) in [6.07, 6.45) is 1.60. The molecule has 0 bridgehead atoms. The van der Waals surface area contributed by atoms with Gasteiger partial charge in [-0.15, -0.1) is 0 Å². The normalized spacial score (nSPS) is 22.1. The lowest BCUT2D eigenvalue weighted by molar-refractivity contribution is -0.135. The van der Waals surface area contributed by atoms with Crippen molar-refractivity contribution < 1.29 is 18.8 Å². The van der Waals surface area contributed by atoms with Gasteiger partial charge in [-0.1, -0.05) is 30.3 Å². The van der Waals surface area contributed by atoms with Gasteiger partial charge >= 0.3 is 0 Å². The van der Waals surface area contributed by atoms with Gasteiger partial charge < -0.3 is 24.0 Å². The fourth-order valence-electron chi connectivity index (χ4n) is 4.37. The first-order valence-electron chi connectivity index (χ1n) is 11.5. The van der Waals surface area contributed by atoms with Gasteiger partial charge in [0.25, 0.3) is 5.91 Å². The molecule has 2 amide bonds. The zero-order chi connectivity index (χ0) is 22.5. The van der Waals surface area contributed by atoms with Crippen LogP contribution in [0, 0.1) is 5.92 Å². The molecule has 8 heteroatoms. The highest BCUT2D eigenvalue weighted by molar-refractivity contribution is 5.92. The Morgan fingerprint density at radius 2 is 1.84 bits per heavy atom. The molecule has 0 aliphatic carbocycles. The zero-order valence-corrected chi connectivity index (χ0v) is 18.9. The molecule has 4 rings (SSSR count). The van der Waals surface area contributed by atoms with E-state index >= 15 is 0 Å². The summed E-state index contributed by atoms with van der Waals surface area (Å²) in [5, 5.41) is 3.94. The first-order valence-corrected chi connectivity index (χ1v) is 11.5. The van der Waals surface area contributed by atoms with Crippen molar-refractivity contribution in [1.82, 2.24) is 19.9 Å². The number of nitrogens with zero attached hydrogens (tertiary/aromatic N) is 4. The van der Waals surface area contributed by atoms with Crippen LogP contribution in [-0.2, 0) is 11.2 Å². The van der Waals surface area contributed by atoms with Crippen LogP contribution in [0.5, 0.6) is 5.75 Å². The zero-order valence-electron chi connectivity index (χ0n) is 18.9.